The summed E-state index contributed by atoms with van der Waals surface area (Å²) >= 11 is 5.93. The molecule has 9 nitrogen and oxygen atoms in total. The van der Waals surface area contributed by atoms with Gasteiger partial charge in [0.05, 0.1) is 17.9 Å². The lowest BCUT2D eigenvalue weighted by molar-refractivity contribution is 0.233. The van der Waals surface area contributed by atoms with Crippen LogP contribution in [0, 0.1) is 0 Å². The molecule has 0 saturated heterocycles. The van der Waals surface area contributed by atoms with Crippen molar-refractivity contribution in [2.75, 3.05) is 0 Å². The number of halogens is 1. The van der Waals surface area contributed by atoms with E-state index in [0.717, 1.165) is 12.8 Å². The zero-order valence-electron chi connectivity index (χ0n) is 15.6. The fraction of sp³-hybridized carbons (Fsp3) is 0.250. The second-order valence-electron chi connectivity index (χ2n) is 7.34. The van der Waals surface area contributed by atoms with Gasteiger partial charge in [-0.2, -0.15) is 4.68 Å². The summed E-state index contributed by atoms with van der Waals surface area (Å²) in [6.45, 7) is -0.0612. The summed E-state index contributed by atoms with van der Waals surface area (Å²) in [5, 5.41) is 4.95. The van der Waals surface area contributed by atoms with Gasteiger partial charge in [-0.1, -0.05) is 23.7 Å². The first kappa shape index (κ1) is 18.6. The number of hydrogen-bond donors (Lipinski definition) is 1. The van der Waals surface area contributed by atoms with Crippen LogP contribution in [-0.2, 0) is 6.54 Å². The molecule has 0 unspecified atom stereocenters. The van der Waals surface area contributed by atoms with Crippen molar-refractivity contribution < 1.29 is 4.42 Å². The van der Waals surface area contributed by atoms with Crippen LogP contribution in [0.3, 0.4) is 0 Å². The number of benzene rings is 1. The Hall–Kier alpha value is -3.46. The van der Waals surface area contributed by atoms with Crippen molar-refractivity contribution in [1.82, 2.24) is 24.3 Å². The van der Waals surface area contributed by atoms with E-state index < -0.39 is 16.9 Å². The van der Waals surface area contributed by atoms with E-state index in [1.54, 1.807) is 0 Å². The fourth-order valence-corrected chi connectivity index (χ4v) is 3.87. The second kappa shape index (κ2) is 7.10. The second-order valence-corrected chi connectivity index (χ2v) is 7.78. The molecule has 1 aliphatic carbocycles. The summed E-state index contributed by atoms with van der Waals surface area (Å²) in [4.78, 5) is 43.0. The fourth-order valence-electron chi connectivity index (χ4n) is 3.74. The average Bonchev–Trinajstić information content (AvgIpc) is 3.05. The van der Waals surface area contributed by atoms with E-state index in [-0.39, 0.29) is 24.0 Å². The number of aromatic nitrogens is 5. The summed E-state index contributed by atoms with van der Waals surface area (Å²) in [6.07, 6.45) is 2.88. The van der Waals surface area contributed by atoms with Crippen LogP contribution in [0.4, 0.5) is 0 Å². The van der Waals surface area contributed by atoms with Gasteiger partial charge in [-0.15, -0.1) is 5.10 Å². The Labute approximate surface area is 173 Å². The van der Waals surface area contributed by atoms with Gasteiger partial charge in [0.2, 0.25) is 11.4 Å². The number of rotatable bonds is 4. The molecular formula is C20H16ClN5O4. The smallest absolute Gasteiger partial charge is 0.390 e. The molecule has 152 valence electrons. The number of hydrogen-bond acceptors (Lipinski definition) is 6. The van der Waals surface area contributed by atoms with E-state index in [1.807, 2.05) is 24.3 Å². The Bertz CT molecular complexity index is 1410. The molecule has 0 bridgehead atoms. The summed E-state index contributed by atoms with van der Waals surface area (Å²) in [6, 6.07) is 10.4. The maximum Gasteiger partial charge on any atom is 0.437 e. The van der Waals surface area contributed by atoms with Gasteiger partial charge >= 0.3 is 5.76 Å². The standard InChI is InChI=1S/C20H16ClN5O4/c21-13-3-1-11(2-4-13)12-7-14(8-12)26-20(29)30-17(24-26)9-25-10-22-15-5-6-16(27)23-18(15)19(25)28/h1-6,10,12,14H,7-9H2,(H,23,27). The molecule has 1 aromatic carbocycles. The van der Waals surface area contributed by atoms with E-state index in [0.29, 0.717) is 16.5 Å². The molecule has 3 aromatic heterocycles. The van der Waals surface area contributed by atoms with Gasteiger partial charge in [0, 0.05) is 11.1 Å². The molecule has 10 heteroatoms. The molecule has 30 heavy (non-hydrogen) atoms. The highest BCUT2D eigenvalue weighted by atomic mass is 35.5. The van der Waals surface area contributed by atoms with Crippen molar-refractivity contribution in [3.05, 3.63) is 90.5 Å². The Kier molecular flexibility index (Phi) is 4.39. The van der Waals surface area contributed by atoms with Gasteiger partial charge in [0.25, 0.3) is 5.56 Å². The minimum atomic E-state index is -0.556. The first-order valence-electron chi connectivity index (χ1n) is 9.40. The number of fused-ring (bicyclic) bond motifs is 1. The first-order chi connectivity index (χ1) is 14.5. The number of nitrogens with zero attached hydrogens (tertiary/aromatic N) is 4. The van der Waals surface area contributed by atoms with Crippen LogP contribution in [0.15, 0.2) is 61.5 Å². The highest BCUT2D eigenvalue weighted by Crippen LogP contribution is 2.43. The van der Waals surface area contributed by atoms with E-state index in [1.165, 1.54) is 33.3 Å². The molecule has 3 heterocycles. The highest BCUT2D eigenvalue weighted by molar-refractivity contribution is 6.30. The van der Waals surface area contributed by atoms with Crippen LogP contribution in [0.1, 0.15) is 36.3 Å². The zero-order chi connectivity index (χ0) is 20.8. The lowest BCUT2D eigenvalue weighted by atomic mass is 9.76. The summed E-state index contributed by atoms with van der Waals surface area (Å²) < 4.78 is 7.82. The van der Waals surface area contributed by atoms with Crippen LogP contribution in [-0.4, -0.2) is 24.3 Å². The van der Waals surface area contributed by atoms with Crippen molar-refractivity contribution in [3.8, 4) is 0 Å². The molecule has 0 radical (unpaired) electrons. The van der Waals surface area contributed by atoms with Gasteiger partial charge in [-0.3, -0.25) is 14.2 Å². The Balaban J connectivity index is 1.35. The van der Waals surface area contributed by atoms with Crippen molar-refractivity contribution in [3.63, 3.8) is 0 Å². The largest absolute Gasteiger partial charge is 0.437 e. The van der Waals surface area contributed by atoms with Crippen LogP contribution in [0.25, 0.3) is 11.0 Å². The van der Waals surface area contributed by atoms with Crippen LogP contribution in [0.5, 0.6) is 0 Å². The number of H-pyrrole nitrogens is 1. The number of aromatic amines is 1. The predicted molar refractivity (Wildman–Crippen MR) is 109 cm³/mol. The van der Waals surface area contributed by atoms with Crippen LogP contribution in [0.2, 0.25) is 5.02 Å². The third kappa shape index (κ3) is 3.26. The average molecular weight is 426 g/mol. The molecule has 1 saturated carbocycles. The SMILES string of the molecule is O=c1ccc2ncn(Cc3nn(C4CC(c5ccc(Cl)cc5)C4)c(=O)o3)c(=O)c2[nH]1. The van der Waals surface area contributed by atoms with Crippen molar-refractivity contribution >= 4 is 22.6 Å². The highest BCUT2D eigenvalue weighted by Gasteiger charge is 2.34. The van der Waals surface area contributed by atoms with Gasteiger partial charge in [-0.25, -0.2) is 9.78 Å². The van der Waals surface area contributed by atoms with E-state index in [9.17, 15) is 14.4 Å². The summed E-state index contributed by atoms with van der Waals surface area (Å²) in [5.74, 6) is -0.111. The molecule has 1 N–H and O–H groups in total. The Morgan fingerprint density at radius 2 is 1.87 bits per heavy atom. The predicted octanol–water partition coefficient (Wildman–Crippen LogP) is 2.05. The van der Waals surface area contributed by atoms with Gasteiger partial charge in [0.1, 0.15) is 12.1 Å². The quantitative estimate of drug-likeness (QED) is 0.535. The van der Waals surface area contributed by atoms with Gasteiger partial charge in [-0.05, 0) is 42.5 Å². The molecule has 4 aromatic rings. The maximum atomic E-state index is 12.6. The van der Waals surface area contributed by atoms with Crippen molar-refractivity contribution in [2.24, 2.45) is 0 Å². The lowest BCUT2D eigenvalue weighted by Crippen LogP contribution is -2.31. The molecule has 1 fully saturated rings. The Morgan fingerprint density at radius 3 is 2.63 bits per heavy atom. The monoisotopic (exact) mass is 425 g/mol. The van der Waals surface area contributed by atoms with E-state index in [4.69, 9.17) is 16.0 Å². The third-order valence-corrected chi connectivity index (χ3v) is 5.68. The summed E-state index contributed by atoms with van der Waals surface area (Å²) in [5.41, 5.74) is 0.814. The molecular weight excluding hydrogens is 410 g/mol. The molecule has 0 aliphatic heterocycles. The Morgan fingerprint density at radius 1 is 1.10 bits per heavy atom. The van der Waals surface area contributed by atoms with Crippen LogP contribution >= 0.6 is 11.6 Å². The number of nitrogens with one attached hydrogen (secondary N) is 1. The van der Waals surface area contributed by atoms with Gasteiger partial charge in [0.15, 0.2) is 0 Å². The van der Waals surface area contributed by atoms with Crippen molar-refractivity contribution in [1.29, 1.82) is 0 Å². The molecule has 0 atom stereocenters. The van der Waals surface area contributed by atoms with Crippen molar-refractivity contribution in [2.45, 2.75) is 31.3 Å². The molecule has 1 aliphatic rings. The van der Waals surface area contributed by atoms with Gasteiger partial charge < -0.3 is 9.40 Å². The third-order valence-electron chi connectivity index (χ3n) is 5.43. The van der Waals surface area contributed by atoms with E-state index in [2.05, 4.69) is 15.1 Å². The number of pyridine rings is 1. The normalized spacial score (nSPS) is 18.4. The maximum absolute atomic E-state index is 12.6. The first-order valence-corrected chi connectivity index (χ1v) is 9.78. The van der Waals surface area contributed by atoms with E-state index >= 15 is 0 Å². The molecule has 5 rings (SSSR count). The minimum absolute atomic E-state index is 0.0570. The minimum Gasteiger partial charge on any atom is -0.390 e. The molecule has 0 amide bonds. The molecule has 0 spiro atoms. The van der Waals surface area contributed by atoms with Crippen LogP contribution < -0.4 is 16.9 Å². The zero-order valence-corrected chi connectivity index (χ0v) is 16.4. The lowest BCUT2D eigenvalue weighted by Gasteiger charge is -2.34. The summed E-state index contributed by atoms with van der Waals surface area (Å²) in [7, 11) is 0. The topological polar surface area (TPSA) is 116 Å².